The molecule has 0 aromatic rings. The van der Waals surface area contributed by atoms with Gasteiger partial charge in [0.15, 0.2) is 5.57 Å². The van der Waals surface area contributed by atoms with Crippen molar-refractivity contribution in [2.24, 2.45) is 0 Å². The zero-order chi connectivity index (χ0) is 11.7. The summed E-state index contributed by atoms with van der Waals surface area (Å²) >= 11 is 0. The number of nitrogens with one attached hydrogen (secondary N) is 2. The summed E-state index contributed by atoms with van der Waals surface area (Å²) in [7, 11) is 0. The van der Waals surface area contributed by atoms with Gasteiger partial charge in [-0.15, -0.1) is 0 Å². The summed E-state index contributed by atoms with van der Waals surface area (Å²) in [6.07, 6.45) is 1.02. The summed E-state index contributed by atoms with van der Waals surface area (Å²) < 4.78 is 4.59. The lowest BCUT2D eigenvalue weighted by Gasteiger charge is -2.02. The second-order valence-electron chi connectivity index (χ2n) is 2.39. The summed E-state index contributed by atoms with van der Waals surface area (Å²) in [5.74, 6) is -0.753. The highest BCUT2D eigenvalue weighted by Crippen LogP contribution is 1.94. The van der Waals surface area contributed by atoms with Crippen molar-refractivity contribution >= 4 is 12.0 Å². The predicted octanol–water partition coefficient (Wildman–Crippen LogP) is 0.276. The fourth-order valence-corrected chi connectivity index (χ4v) is 0.695. The summed E-state index contributed by atoms with van der Waals surface area (Å²) in [4.78, 5) is 22.0. The van der Waals surface area contributed by atoms with Gasteiger partial charge < -0.3 is 15.4 Å². The van der Waals surface area contributed by atoms with Gasteiger partial charge in [-0.1, -0.05) is 0 Å². The van der Waals surface area contributed by atoms with E-state index in [2.05, 4.69) is 15.4 Å². The second kappa shape index (κ2) is 7.38. The molecule has 6 nitrogen and oxygen atoms in total. The maximum atomic E-state index is 11.1. The highest BCUT2D eigenvalue weighted by atomic mass is 16.5. The molecule has 0 saturated carbocycles. The largest absolute Gasteiger partial charge is 0.462 e. The fraction of sp³-hybridized carbons (Fsp3) is 0.444. The van der Waals surface area contributed by atoms with Crippen molar-refractivity contribution in [2.45, 2.75) is 13.8 Å². The van der Waals surface area contributed by atoms with Gasteiger partial charge in [-0.25, -0.2) is 9.59 Å². The number of nitriles is 1. The first kappa shape index (κ1) is 13.0. The van der Waals surface area contributed by atoms with Crippen molar-refractivity contribution in [1.29, 1.82) is 5.26 Å². The third-order valence-electron chi connectivity index (χ3n) is 1.30. The molecule has 15 heavy (non-hydrogen) atoms. The molecular weight excluding hydrogens is 198 g/mol. The van der Waals surface area contributed by atoms with E-state index in [1.165, 1.54) is 0 Å². The second-order valence-corrected chi connectivity index (χ2v) is 2.39. The van der Waals surface area contributed by atoms with Crippen LogP contribution in [0.4, 0.5) is 4.79 Å². The average Bonchev–Trinajstić information content (AvgIpc) is 2.19. The maximum Gasteiger partial charge on any atom is 0.350 e. The summed E-state index contributed by atoms with van der Waals surface area (Å²) in [6, 6.07) is 1.15. The predicted molar refractivity (Wildman–Crippen MR) is 52.5 cm³/mol. The van der Waals surface area contributed by atoms with Gasteiger partial charge in [-0.3, -0.25) is 0 Å². The van der Waals surface area contributed by atoms with E-state index < -0.39 is 12.0 Å². The highest BCUT2D eigenvalue weighted by Gasteiger charge is 2.09. The number of hydrogen-bond acceptors (Lipinski definition) is 4. The number of amides is 2. The standard InChI is InChI=1S/C9H13N3O3/c1-3-11-9(14)12-6-7(5-10)8(13)15-4-2/h6H,3-4H2,1-2H3,(H2,11,12,14). The molecule has 0 aromatic carbocycles. The number of ether oxygens (including phenoxy) is 1. The molecule has 82 valence electrons. The maximum absolute atomic E-state index is 11.1. The molecule has 0 bridgehead atoms. The first-order valence-electron chi connectivity index (χ1n) is 4.47. The molecule has 0 unspecified atom stereocenters. The van der Waals surface area contributed by atoms with Crippen molar-refractivity contribution in [3.63, 3.8) is 0 Å². The summed E-state index contributed by atoms with van der Waals surface area (Å²) in [5.41, 5.74) is -0.247. The van der Waals surface area contributed by atoms with Gasteiger partial charge in [0, 0.05) is 12.7 Å². The Morgan fingerprint density at radius 3 is 2.60 bits per heavy atom. The van der Waals surface area contributed by atoms with Crippen molar-refractivity contribution < 1.29 is 14.3 Å². The van der Waals surface area contributed by atoms with Crippen molar-refractivity contribution in [1.82, 2.24) is 10.6 Å². The average molecular weight is 211 g/mol. The third-order valence-corrected chi connectivity index (χ3v) is 1.30. The SMILES string of the molecule is CCNC(=O)NC=C(C#N)C(=O)OCC. The van der Waals surface area contributed by atoms with Gasteiger partial charge in [0.2, 0.25) is 0 Å². The minimum Gasteiger partial charge on any atom is -0.462 e. The molecule has 0 aliphatic rings. The quantitative estimate of drug-likeness (QED) is 0.397. The zero-order valence-corrected chi connectivity index (χ0v) is 8.66. The van der Waals surface area contributed by atoms with Crippen LogP contribution in [0.5, 0.6) is 0 Å². The van der Waals surface area contributed by atoms with Crippen LogP contribution in [0.3, 0.4) is 0 Å². The van der Waals surface area contributed by atoms with E-state index in [1.807, 2.05) is 0 Å². The molecule has 0 aliphatic heterocycles. The minimum absolute atomic E-state index is 0.180. The Labute approximate surface area is 87.9 Å². The molecule has 0 aliphatic carbocycles. The first-order valence-corrected chi connectivity index (χ1v) is 4.47. The van der Waals surface area contributed by atoms with E-state index in [4.69, 9.17) is 5.26 Å². The molecule has 2 N–H and O–H groups in total. The Bertz CT molecular complexity index is 304. The van der Waals surface area contributed by atoms with E-state index in [9.17, 15) is 9.59 Å². The first-order chi connectivity index (χ1) is 7.15. The summed E-state index contributed by atoms with van der Waals surface area (Å²) in [6.45, 7) is 4.02. The number of esters is 1. The molecule has 0 rings (SSSR count). The van der Waals surface area contributed by atoms with Crippen LogP contribution >= 0.6 is 0 Å². The van der Waals surface area contributed by atoms with Gasteiger partial charge in [0.25, 0.3) is 0 Å². The lowest BCUT2D eigenvalue weighted by Crippen LogP contribution is -2.32. The molecular formula is C9H13N3O3. The molecule has 0 atom stereocenters. The molecule has 0 radical (unpaired) electrons. The lowest BCUT2D eigenvalue weighted by atomic mass is 10.3. The van der Waals surface area contributed by atoms with Gasteiger partial charge in [-0.05, 0) is 13.8 Å². The molecule has 6 heteroatoms. The van der Waals surface area contributed by atoms with Crippen molar-refractivity contribution in [3.8, 4) is 6.07 Å². The Balaban J connectivity index is 4.30. The van der Waals surface area contributed by atoms with Crippen LogP contribution in [0.25, 0.3) is 0 Å². The van der Waals surface area contributed by atoms with E-state index in [-0.39, 0.29) is 12.2 Å². The van der Waals surface area contributed by atoms with Crippen LogP contribution in [0.15, 0.2) is 11.8 Å². The number of carbonyl (C=O) groups is 2. The third kappa shape index (κ3) is 5.31. The number of urea groups is 1. The zero-order valence-electron chi connectivity index (χ0n) is 8.66. The van der Waals surface area contributed by atoms with E-state index in [1.54, 1.807) is 19.9 Å². The number of nitrogens with zero attached hydrogens (tertiary/aromatic N) is 1. The van der Waals surface area contributed by atoms with Crippen LogP contribution in [0, 0.1) is 11.3 Å². The van der Waals surface area contributed by atoms with Crippen LogP contribution < -0.4 is 10.6 Å². The van der Waals surface area contributed by atoms with E-state index in [0.29, 0.717) is 6.54 Å². The summed E-state index contributed by atoms with van der Waals surface area (Å²) in [5, 5.41) is 13.3. The Kier molecular flexibility index (Phi) is 6.38. The normalized spacial score (nSPS) is 10.1. The molecule has 0 saturated heterocycles. The highest BCUT2D eigenvalue weighted by molar-refractivity contribution is 5.93. The van der Waals surface area contributed by atoms with Crippen LogP contribution in [0.1, 0.15) is 13.8 Å². The number of hydrogen-bond donors (Lipinski definition) is 2. The van der Waals surface area contributed by atoms with E-state index in [0.717, 1.165) is 6.20 Å². The van der Waals surface area contributed by atoms with E-state index >= 15 is 0 Å². The van der Waals surface area contributed by atoms with Gasteiger partial charge in [0.05, 0.1) is 6.61 Å². The smallest absolute Gasteiger partial charge is 0.350 e. The molecule has 0 fully saturated rings. The fourth-order valence-electron chi connectivity index (χ4n) is 0.695. The lowest BCUT2D eigenvalue weighted by molar-refractivity contribution is -0.138. The van der Waals surface area contributed by atoms with Crippen LogP contribution in [-0.2, 0) is 9.53 Å². The van der Waals surface area contributed by atoms with Crippen molar-refractivity contribution in [2.75, 3.05) is 13.2 Å². The number of rotatable bonds is 4. The van der Waals surface area contributed by atoms with Gasteiger partial charge in [-0.2, -0.15) is 5.26 Å². The Morgan fingerprint density at radius 2 is 2.13 bits per heavy atom. The van der Waals surface area contributed by atoms with Gasteiger partial charge in [0.1, 0.15) is 6.07 Å². The van der Waals surface area contributed by atoms with Crippen LogP contribution in [-0.4, -0.2) is 25.2 Å². The molecule has 0 spiro atoms. The Hall–Kier alpha value is -2.03. The minimum atomic E-state index is -0.753. The monoisotopic (exact) mass is 211 g/mol. The molecule has 2 amide bonds. The van der Waals surface area contributed by atoms with Gasteiger partial charge >= 0.3 is 12.0 Å². The van der Waals surface area contributed by atoms with Crippen molar-refractivity contribution in [3.05, 3.63) is 11.8 Å². The van der Waals surface area contributed by atoms with Crippen LogP contribution in [0.2, 0.25) is 0 Å². The molecule has 0 heterocycles. The number of carbonyl (C=O) groups excluding carboxylic acids is 2. The Morgan fingerprint density at radius 1 is 1.47 bits per heavy atom. The molecule has 0 aromatic heterocycles. The topological polar surface area (TPSA) is 91.2 Å².